The number of rotatable bonds is 4. The minimum Gasteiger partial charge on any atom is -0.381 e. The van der Waals surface area contributed by atoms with Gasteiger partial charge in [-0.25, -0.2) is 0 Å². The number of ether oxygens (including phenoxy) is 1. The Morgan fingerprint density at radius 2 is 2.00 bits per heavy atom. The minimum absolute atomic E-state index is 0.501. The monoisotopic (exact) mass is 172 g/mol. The van der Waals surface area contributed by atoms with Crippen molar-refractivity contribution in [3.8, 4) is 0 Å². The fourth-order valence-corrected chi connectivity index (χ4v) is 1.79. The Hall–Kier alpha value is -0.120. The molecule has 1 aliphatic carbocycles. The van der Waals surface area contributed by atoms with Crippen LogP contribution in [-0.2, 0) is 4.74 Å². The van der Waals surface area contributed by atoms with Gasteiger partial charge in [0.15, 0.2) is 0 Å². The van der Waals surface area contributed by atoms with E-state index in [1.165, 1.54) is 25.7 Å². The molecule has 3 nitrogen and oxygen atoms in total. The second-order valence-electron chi connectivity index (χ2n) is 3.45. The third-order valence-corrected chi connectivity index (χ3v) is 2.58. The number of nitrogens with two attached hydrogens (primary N) is 1. The fourth-order valence-electron chi connectivity index (χ4n) is 1.79. The van der Waals surface area contributed by atoms with E-state index in [1.807, 2.05) is 0 Å². The third-order valence-electron chi connectivity index (χ3n) is 2.58. The minimum atomic E-state index is 0.501. The fraction of sp³-hybridized carbons (Fsp3) is 1.00. The molecule has 1 rings (SSSR count). The van der Waals surface area contributed by atoms with Gasteiger partial charge in [-0.1, -0.05) is 0 Å². The lowest BCUT2D eigenvalue weighted by molar-refractivity contribution is 0.0627. The van der Waals surface area contributed by atoms with Gasteiger partial charge in [0.1, 0.15) is 0 Å². The van der Waals surface area contributed by atoms with E-state index in [0.717, 1.165) is 13.1 Å². The van der Waals surface area contributed by atoms with Crippen LogP contribution in [0.3, 0.4) is 0 Å². The second kappa shape index (κ2) is 5.51. The Balaban J connectivity index is 2.09. The van der Waals surface area contributed by atoms with Gasteiger partial charge in [-0.3, -0.25) is 0 Å². The van der Waals surface area contributed by atoms with Crippen molar-refractivity contribution in [1.82, 2.24) is 5.32 Å². The summed E-state index contributed by atoms with van der Waals surface area (Å²) in [5.41, 5.74) is 5.41. The van der Waals surface area contributed by atoms with E-state index in [1.54, 1.807) is 7.11 Å². The zero-order valence-electron chi connectivity index (χ0n) is 7.88. The molecule has 3 heteroatoms. The first kappa shape index (κ1) is 9.96. The summed E-state index contributed by atoms with van der Waals surface area (Å²) in [5.74, 6) is 0. The number of nitrogens with one attached hydrogen (secondary N) is 1. The van der Waals surface area contributed by atoms with E-state index < -0.39 is 0 Å². The number of methoxy groups -OCH3 is 1. The SMILES string of the molecule is CO[C@H]1CC[C@H](NCCN)CC1. The van der Waals surface area contributed by atoms with Crippen LogP contribution in [0.4, 0.5) is 0 Å². The Morgan fingerprint density at radius 3 is 2.50 bits per heavy atom. The Morgan fingerprint density at radius 1 is 1.33 bits per heavy atom. The molecule has 0 saturated heterocycles. The smallest absolute Gasteiger partial charge is 0.0572 e. The zero-order valence-corrected chi connectivity index (χ0v) is 7.88. The Bertz CT molecular complexity index is 111. The van der Waals surface area contributed by atoms with Gasteiger partial charge in [-0.05, 0) is 25.7 Å². The summed E-state index contributed by atoms with van der Waals surface area (Å²) in [4.78, 5) is 0. The Labute approximate surface area is 74.7 Å². The van der Waals surface area contributed by atoms with Crippen LogP contribution in [0.15, 0.2) is 0 Å². The predicted octanol–water partition coefficient (Wildman–Crippen LogP) is 0.492. The van der Waals surface area contributed by atoms with Gasteiger partial charge >= 0.3 is 0 Å². The van der Waals surface area contributed by atoms with E-state index >= 15 is 0 Å². The lowest BCUT2D eigenvalue weighted by Crippen LogP contribution is -2.37. The van der Waals surface area contributed by atoms with Crippen LogP contribution in [0.2, 0.25) is 0 Å². The summed E-state index contributed by atoms with van der Waals surface area (Å²) in [7, 11) is 1.80. The largest absolute Gasteiger partial charge is 0.381 e. The summed E-state index contributed by atoms with van der Waals surface area (Å²) in [6, 6.07) is 0.681. The van der Waals surface area contributed by atoms with Gasteiger partial charge in [0.25, 0.3) is 0 Å². The van der Waals surface area contributed by atoms with Gasteiger partial charge in [0.2, 0.25) is 0 Å². The molecule has 3 N–H and O–H groups in total. The van der Waals surface area contributed by atoms with Crippen molar-refractivity contribution in [1.29, 1.82) is 0 Å². The predicted molar refractivity (Wildman–Crippen MR) is 50.1 cm³/mol. The summed E-state index contributed by atoms with van der Waals surface area (Å²) in [5, 5.41) is 3.44. The molecule has 0 atom stereocenters. The standard InChI is InChI=1S/C9H20N2O/c1-12-9-4-2-8(3-5-9)11-7-6-10/h8-9,11H,2-7,10H2,1H3/t8-,9-. The molecule has 0 aromatic carbocycles. The summed E-state index contributed by atoms with van der Waals surface area (Å²) >= 11 is 0. The molecule has 12 heavy (non-hydrogen) atoms. The van der Waals surface area contributed by atoms with Crippen molar-refractivity contribution in [2.24, 2.45) is 5.73 Å². The molecular formula is C9H20N2O. The van der Waals surface area contributed by atoms with Crippen molar-refractivity contribution in [3.63, 3.8) is 0 Å². The molecule has 72 valence electrons. The van der Waals surface area contributed by atoms with Crippen LogP contribution in [-0.4, -0.2) is 32.3 Å². The van der Waals surface area contributed by atoms with Crippen molar-refractivity contribution in [2.45, 2.75) is 37.8 Å². The van der Waals surface area contributed by atoms with Gasteiger partial charge in [-0.15, -0.1) is 0 Å². The molecule has 1 saturated carbocycles. The first-order valence-electron chi connectivity index (χ1n) is 4.83. The lowest BCUT2D eigenvalue weighted by Gasteiger charge is -2.28. The van der Waals surface area contributed by atoms with Crippen molar-refractivity contribution in [2.75, 3.05) is 20.2 Å². The first-order valence-corrected chi connectivity index (χ1v) is 4.83. The van der Waals surface area contributed by atoms with Crippen LogP contribution < -0.4 is 11.1 Å². The quantitative estimate of drug-likeness (QED) is 0.649. The highest BCUT2D eigenvalue weighted by atomic mass is 16.5. The molecule has 0 heterocycles. The van der Waals surface area contributed by atoms with Gasteiger partial charge in [0, 0.05) is 26.2 Å². The number of hydrogen-bond acceptors (Lipinski definition) is 3. The Kier molecular flexibility index (Phi) is 4.58. The van der Waals surface area contributed by atoms with E-state index in [-0.39, 0.29) is 0 Å². The molecule has 0 unspecified atom stereocenters. The summed E-state index contributed by atoms with van der Waals surface area (Å²) < 4.78 is 5.29. The van der Waals surface area contributed by atoms with Crippen LogP contribution in [0.1, 0.15) is 25.7 Å². The molecule has 0 aromatic heterocycles. The van der Waals surface area contributed by atoms with Crippen molar-refractivity contribution in [3.05, 3.63) is 0 Å². The maximum absolute atomic E-state index is 5.41. The number of hydrogen-bond donors (Lipinski definition) is 2. The maximum Gasteiger partial charge on any atom is 0.0572 e. The van der Waals surface area contributed by atoms with Gasteiger partial charge in [0.05, 0.1) is 6.10 Å². The van der Waals surface area contributed by atoms with E-state index in [2.05, 4.69) is 5.32 Å². The first-order chi connectivity index (χ1) is 5.86. The topological polar surface area (TPSA) is 47.3 Å². The maximum atomic E-state index is 5.41. The van der Waals surface area contributed by atoms with E-state index in [9.17, 15) is 0 Å². The second-order valence-corrected chi connectivity index (χ2v) is 3.45. The van der Waals surface area contributed by atoms with Crippen LogP contribution in [0.5, 0.6) is 0 Å². The van der Waals surface area contributed by atoms with E-state index in [4.69, 9.17) is 10.5 Å². The zero-order chi connectivity index (χ0) is 8.81. The third kappa shape index (κ3) is 3.09. The highest BCUT2D eigenvalue weighted by molar-refractivity contribution is 4.77. The highest BCUT2D eigenvalue weighted by Crippen LogP contribution is 2.20. The molecular weight excluding hydrogens is 152 g/mol. The van der Waals surface area contributed by atoms with Crippen molar-refractivity contribution < 1.29 is 4.74 Å². The van der Waals surface area contributed by atoms with E-state index in [0.29, 0.717) is 12.1 Å². The molecule has 0 aromatic rings. The van der Waals surface area contributed by atoms with Crippen LogP contribution in [0.25, 0.3) is 0 Å². The molecule has 0 spiro atoms. The van der Waals surface area contributed by atoms with Crippen LogP contribution in [0, 0.1) is 0 Å². The summed E-state index contributed by atoms with van der Waals surface area (Å²) in [6.07, 6.45) is 5.36. The van der Waals surface area contributed by atoms with Crippen LogP contribution >= 0.6 is 0 Å². The van der Waals surface area contributed by atoms with Crippen molar-refractivity contribution >= 4 is 0 Å². The highest BCUT2D eigenvalue weighted by Gasteiger charge is 2.19. The average molecular weight is 172 g/mol. The molecule has 0 radical (unpaired) electrons. The summed E-state index contributed by atoms with van der Waals surface area (Å²) in [6.45, 7) is 1.69. The van der Waals surface area contributed by atoms with Gasteiger partial charge in [-0.2, -0.15) is 0 Å². The average Bonchev–Trinajstić information content (AvgIpc) is 2.15. The molecule has 1 aliphatic rings. The van der Waals surface area contributed by atoms with Gasteiger partial charge < -0.3 is 15.8 Å². The molecule has 0 bridgehead atoms. The molecule has 1 fully saturated rings. The molecule has 0 aliphatic heterocycles. The normalized spacial score (nSPS) is 30.5. The lowest BCUT2D eigenvalue weighted by atomic mass is 9.93. The molecule has 0 amide bonds.